The first-order valence-corrected chi connectivity index (χ1v) is 7.36. The van der Waals surface area contributed by atoms with E-state index < -0.39 is 4.92 Å². The number of anilines is 2. The minimum atomic E-state index is -0.557. The van der Waals surface area contributed by atoms with Crippen molar-refractivity contribution in [1.29, 1.82) is 0 Å². The molecule has 23 heavy (non-hydrogen) atoms. The summed E-state index contributed by atoms with van der Waals surface area (Å²) in [5.74, 6) is -0.156. The Hall–Kier alpha value is -2.31. The lowest BCUT2D eigenvalue weighted by Gasteiger charge is -2.11. The van der Waals surface area contributed by atoms with Crippen molar-refractivity contribution >= 4 is 46.2 Å². The summed E-state index contributed by atoms with van der Waals surface area (Å²) in [5, 5.41) is 16.8. The first-order chi connectivity index (χ1) is 10.9. The standard InChI is InChI=1S/C15H13Cl2N3O3/c1-9(21)19-11-4-2-3-10(5-11)8-18-15-13(16)6-12(20(22)23)7-14(15)17/h2-7,18H,8H2,1H3,(H,19,21). The zero-order valence-corrected chi connectivity index (χ0v) is 13.6. The third-order valence-electron chi connectivity index (χ3n) is 2.95. The normalized spacial score (nSPS) is 10.2. The Morgan fingerprint density at radius 2 is 1.87 bits per heavy atom. The second kappa shape index (κ2) is 7.30. The maximum absolute atomic E-state index is 11.1. The van der Waals surface area contributed by atoms with Crippen LogP contribution in [0.15, 0.2) is 36.4 Å². The summed E-state index contributed by atoms with van der Waals surface area (Å²) in [5.41, 5.74) is 1.82. The molecular formula is C15H13Cl2N3O3. The van der Waals surface area contributed by atoms with Crippen LogP contribution in [0.3, 0.4) is 0 Å². The molecule has 0 radical (unpaired) electrons. The highest BCUT2D eigenvalue weighted by Gasteiger charge is 2.14. The third-order valence-corrected chi connectivity index (χ3v) is 3.55. The fourth-order valence-electron chi connectivity index (χ4n) is 1.99. The Morgan fingerprint density at radius 3 is 2.43 bits per heavy atom. The lowest BCUT2D eigenvalue weighted by molar-refractivity contribution is -0.384. The predicted octanol–water partition coefficient (Wildman–Crippen LogP) is 4.47. The van der Waals surface area contributed by atoms with Gasteiger partial charge in [0, 0.05) is 31.3 Å². The van der Waals surface area contributed by atoms with Gasteiger partial charge >= 0.3 is 0 Å². The number of nitro benzene ring substituents is 1. The maximum Gasteiger partial charge on any atom is 0.272 e. The molecule has 0 spiro atoms. The van der Waals surface area contributed by atoms with Crippen molar-refractivity contribution in [2.75, 3.05) is 10.6 Å². The minimum Gasteiger partial charge on any atom is -0.379 e. The second-order valence-electron chi connectivity index (χ2n) is 4.78. The number of amides is 1. The highest BCUT2D eigenvalue weighted by Crippen LogP contribution is 2.35. The number of hydrogen-bond acceptors (Lipinski definition) is 4. The van der Waals surface area contributed by atoms with Crippen molar-refractivity contribution in [2.45, 2.75) is 13.5 Å². The zero-order valence-electron chi connectivity index (χ0n) is 12.1. The van der Waals surface area contributed by atoms with Gasteiger partial charge in [-0.15, -0.1) is 0 Å². The maximum atomic E-state index is 11.1. The molecule has 0 saturated heterocycles. The van der Waals surface area contributed by atoms with Gasteiger partial charge in [0.1, 0.15) is 0 Å². The molecule has 6 nitrogen and oxygen atoms in total. The molecule has 2 rings (SSSR count). The number of nitrogens with one attached hydrogen (secondary N) is 2. The van der Waals surface area contributed by atoms with E-state index in [0.29, 0.717) is 17.9 Å². The Labute approximate surface area is 142 Å². The molecule has 0 heterocycles. The lowest BCUT2D eigenvalue weighted by atomic mass is 10.2. The van der Waals surface area contributed by atoms with Crippen LogP contribution < -0.4 is 10.6 Å². The fraction of sp³-hybridized carbons (Fsp3) is 0.133. The van der Waals surface area contributed by atoms with E-state index in [-0.39, 0.29) is 21.6 Å². The Balaban J connectivity index is 2.15. The predicted molar refractivity (Wildman–Crippen MR) is 91.2 cm³/mol. The van der Waals surface area contributed by atoms with E-state index in [9.17, 15) is 14.9 Å². The molecule has 120 valence electrons. The van der Waals surface area contributed by atoms with Crippen LogP contribution in [0.4, 0.5) is 17.1 Å². The summed E-state index contributed by atoms with van der Waals surface area (Å²) < 4.78 is 0. The molecule has 0 aliphatic rings. The number of carbonyl (C=O) groups excluding carboxylic acids is 1. The molecule has 0 aliphatic carbocycles. The second-order valence-corrected chi connectivity index (χ2v) is 5.59. The molecule has 0 unspecified atom stereocenters. The van der Waals surface area contributed by atoms with Gasteiger partial charge in [-0.25, -0.2) is 0 Å². The molecular weight excluding hydrogens is 341 g/mol. The van der Waals surface area contributed by atoms with Gasteiger partial charge in [0.05, 0.1) is 20.7 Å². The van der Waals surface area contributed by atoms with Gasteiger partial charge in [-0.1, -0.05) is 35.3 Å². The van der Waals surface area contributed by atoms with E-state index >= 15 is 0 Å². The molecule has 0 bridgehead atoms. The Kier molecular flexibility index (Phi) is 5.41. The van der Waals surface area contributed by atoms with E-state index in [0.717, 1.165) is 5.56 Å². The molecule has 1 amide bonds. The van der Waals surface area contributed by atoms with Crippen molar-refractivity contribution in [2.24, 2.45) is 0 Å². The number of halogens is 2. The summed E-state index contributed by atoms with van der Waals surface area (Å²) in [6, 6.07) is 9.73. The van der Waals surface area contributed by atoms with Crippen LogP contribution in [-0.2, 0) is 11.3 Å². The monoisotopic (exact) mass is 353 g/mol. The van der Waals surface area contributed by atoms with E-state index in [2.05, 4.69) is 10.6 Å². The van der Waals surface area contributed by atoms with Crippen molar-refractivity contribution in [1.82, 2.24) is 0 Å². The molecule has 0 aliphatic heterocycles. The minimum absolute atomic E-state index is 0.156. The van der Waals surface area contributed by atoms with Crippen molar-refractivity contribution in [3.05, 3.63) is 62.1 Å². The van der Waals surface area contributed by atoms with Crippen LogP contribution >= 0.6 is 23.2 Å². The van der Waals surface area contributed by atoms with Gasteiger partial charge in [0.25, 0.3) is 5.69 Å². The summed E-state index contributed by atoms with van der Waals surface area (Å²) in [4.78, 5) is 21.3. The van der Waals surface area contributed by atoms with Crippen LogP contribution in [0.1, 0.15) is 12.5 Å². The van der Waals surface area contributed by atoms with Crippen LogP contribution in [0.2, 0.25) is 10.0 Å². The molecule has 8 heteroatoms. The quantitative estimate of drug-likeness (QED) is 0.613. The van der Waals surface area contributed by atoms with Crippen LogP contribution in [0.5, 0.6) is 0 Å². The fourth-order valence-corrected chi connectivity index (χ4v) is 2.60. The van der Waals surface area contributed by atoms with Crippen LogP contribution in [0, 0.1) is 10.1 Å². The molecule has 0 fully saturated rings. The summed E-state index contributed by atoms with van der Waals surface area (Å²) in [6.45, 7) is 1.83. The molecule has 2 aromatic rings. The number of nitrogens with zero attached hydrogens (tertiary/aromatic N) is 1. The summed E-state index contributed by atoms with van der Waals surface area (Å²) >= 11 is 12.1. The number of rotatable bonds is 5. The van der Waals surface area contributed by atoms with Gasteiger partial charge in [0.15, 0.2) is 0 Å². The van der Waals surface area contributed by atoms with Crippen LogP contribution in [0.25, 0.3) is 0 Å². The summed E-state index contributed by atoms with van der Waals surface area (Å²) in [6.07, 6.45) is 0. The van der Waals surface area contributed by atoms with Crippen molar-refractivity contribution in [3.63, 3.8) is 0 Å². The van der Waals surface area contributed by atoms with Crippen molar-refractivity contribution in [3.8, 4) is 0 Å². The van der Waals surface area contributed by atoms with Crippen molar-refractivity contribution < 1.29 is 9.72 Å². The van der Waals surface area contributed by atoms with E-state index in [1.54, 1.807) is 12.1 Å². The van der Waals surface area contributed by atoms with E-state index in [1.807, 2.05) is 12.1 Å². The number of benzene rings is 2. The highest BCUT2D eigenvalue weighted by atomic mass is 35.5. The topological polar surface area (TPSA) is 84.3 Å². The zero-order chi connectivity index (χ0) is 17.0. The Bertz CT molecular complexity index is 742. The van der Waals surface area contributed by atoms with Gasteiger partial charge in [-0.05, 0) is 17.7 Å². The number of hydrogen-bond donors (Lipinski definition) is 2. The summed E-state index contributed by atoms with van der Waals surface area (Å²) in [7, 11) is 0. The van der Waals surface area contributed by atoms with E-state index in [4.69, 9.17) is 23.2 Å². The SMILES string of the molecule is CC(=O)Nc1cccc(CNc2c(Cl)cc([N+](=O)[O-])cc2Cl)c1. The molecule has 2 aromatic carbocycles. The number of nitro groups is 1. The average Bonchev–Trinajstić information content (AvgIpc) is 2.45. The highest BCUT2D eigenvalue weighted by molar-refractivity contribution is 6.39. The first kappa shape index (κ1) is 17.1. The smallest absolute Gasteiger partial charge is 0.272 e. The molecule has 0 atom stereocenters. The molecule has 0 aromatic heterocycles. The van der Waals surface area contributed by atoms with Crippen LogP contribution in [-0.4, -0.2) is 10.8 Å². The number of non-ortho nitro benzene ring substituents is 1. The molecule has 0 saturated carbocycles. The first-order valence-electron chi connectivity index (χ1n) is 6.60. The largest absolute Gasteiger partial charge is 0.379 e. The van der Waals surface area contributed by atoms with E-state index in [1.165, 1.54) is 19.1 Å². The van der Waals surface area contributed by atoms with Gasteiger partial charge < -0.3 is 10.6 Å². The van der Waals surface area contributed by atoms with Gasteiger partial charge in [0.2, 0.25) is 5.91 Å². The lowest BCUT2D eigenvalue weighted by Crippen LogP contribution is -2.07. The Morgan fingerprint density at radius 1 is 1.22 bits per heavy atom. The molecule has 2 N–H and O–H groups in total. The average molecular weight is 354 g/mol. The third kappa shape index (κ3) is 4.58. The number of carbonyl (C=O) groups is 1. The van der Waals surface area contributed by atoms with Gasteiger partial charge in [-0.2, -0.15) is 0 Å². The van der Waals surface area contributed by atoms with Gasteiger partial charge in [-0.3, -0.25) is 14.9 Å².